The zero-order valence-electron chi connectivity index (χ0n) is 21.6. The molecule has 0 radical (unpaired) electrons. The summed E-state index contributed by atoms with van der Waals surface area (Å²) in [5.74, 6) is 3.81. The lowest BCUT2D eigenvalue weighted by Gasteiger charge is -2.29. The number of ether oxygens (including phenoxy) is 2. The molecule has 0 amide bonds. The minimum absolute atomic E-state index is 0.211. The maximum absolute atomic E-state index is 6.37. The van der Waals surface area contributed by atoms with E-state index in [1.165, 1.54) is 43.2 Å². The van der Waals surface area contributed by atoms with E-state index in [1.807, 2.05) is 0 Å². The predicted octanol–water partition coefficient (Wildman–Crippen LogP) is 8.93. The quantitative estimate of drug-likeness (QED) is 0.173. The second-order valence-electron chi connectivity index (χ2n) is 10.6. The molecule has 0 saturated heterocycles. The molecule has 1 aliphatic carbocycles. The zero-order chi connectivity index (χ0) is 23.5. The van der Waals surface area contributed by atoms with Crippen molar-refractivity contribution in [2.45, 2.75) is 98.7 Å². The Morgan fingerprint density at radius 1 is 1.00 bits per heavy atom. The molecule has 1 aromatic carbocycles. The second-order valence-corrected chi connectivity index (χ2v) is 10.6. The van der Waals surface area contributed by atoms with Crippen molar-refractivity contribution in [3.63, 3.8) is 0 Å². The highest BCUT2D eigenvalue weighted by Gasteiger charge is 2.24. The Hall–Kier alpha value is -1.54. The Bertz CT molecular complexity index is 671. The Labute approximate surface area is 198 Å². The van der Waals surface area contributed by atoms with Crippen molar-refractivity contribution in [3.8, 4) is 5.75 Å². The van der Waals surface area contributed by atoms with Gasteiger partial charge < -0.3 is 9.47 Å². The Kier molecular flexibility index (Phi) is 11.6. The average molecular weight is 441 g/mol. The lowest BCUT2D eigenvalue weighted by atomic mass is 9.83. The van der Waals surface area contributed by atoms with Crippen LogP contribution in [0.15, 0.2) is 48.6 Å². The molecule has 0 aromatic heterocycles. The van der Waals surface area contributed by atoms with Gasteiger partial charge in [-0.15, -0.1) is 0 Å². The molecule has 1 saturated carbocycles. The third-order valence-corrected chi connectivity index (χ3v) is 7.21. The molecule has 2 heteroatoms. The van der Waals surface area contributed by atoms with Gasteiger partial charge in [0.05, 0.1) is 6.61 Å². The van der Waals surface area contributed by atoms with Crippen LogP contribution in [0.2, 0.25) is 0 Å². The van der Waals surface area contributed by atoms with Crippen LogP contribution in [0.4, 0.5) is 0 Å². The van der Waals surface area contributed by atoms with Gasteiger partial charge in [0, 0.05) is 12.3 Å². The molecule has 0 N–H and O–H groups in total. The summed E-state index contributed by atoms with van der Waals surface area (Å²) in [5, 5.41) is 0. The van der Waals surface area contributed by atoms with E-state index in [0.717, 1.165) is 24.5 Å². The summed E-state index contributed by atoms with van der Waals surface area (Å²) >= 11 is 0. The van der Waals surface area contributed by atoms with Gasteiger partial charge in [-0.1, -0.05) is 90.3 Å². The number of benzene rings is 1. The maximum Gasteiger partial charge on any atom is 0.200 e. The van der Waals surface area contributed by atoms with Gasteiger partial charge in [0.15, 0.2) is 6.29 Å². The van der Waals surface area contributed by atoms with Crippen LogP contribution in [-0.4, -0.2) is 12.9 Å². The SMILES string of the molecule is C=C(C)C(C)c1ccc(OC(CC(C(C)C)C(C)C)OCC/C=C\C2CCCCC2)cc1. The maximum atomic E-state index is 6.37. The van der Waals surface area contributed by atoms with Crippen molar-refractivity contribution < 1.29 is 9.47 Å². The number of rotatable bonds is 13. The van der Waals surface area contributed by atoms with Gasteiger partial charge in [-0.3, -0.25) is 0 Å². The van der Waals surface area contributed by atoms with Crippen molar-refractivity contribution in [2.75, 3.05) is 6.61 Å². The highest BCUT2D eigenvalue weighted by atomic mass is 16.7. The summed E-state index contributed by atoms with van der Waals surface area (Å²) in [6.07, 6.45) is 13.3. The molecule has 2 unspecified atom stereocenters. The molecule has 1 aliphatic rings. The van der Waals surface area contributed by atoms with Gasteiger partial charge in [-0.25, -0.2) is 0 Å². The lowest BCUT2D eigenvalue weighted by Crippen LogP contribution is -2.29. The smallest absolute Gasteiger partial charge is 0.200 e. The first-order chi connectivity index (χ1) is 15.3. The molecule has 0 heterocycles. The highest BCUT2D eigenvalue weighted by molar-refractivity contribution is 5.32. The fourth-order valence-corrected chi connectivity index (χ4v) is 4.84. The van der Waals surface area contributed by atoms with Crippen LogP contribution in [0.25, 0.3) is 0 Å². The highest BCUT2D eigenvalue weighted by Crippen LogP contribution is 2.29. The number of hydrogen-bond donors (Lipinski definition) is 0. The summed E-state index contributed by atoms with van der Waals surface area (Å²) in [7, 11) is 0. The van der Waals surface area contributed by atoms with Crippen molar-refractivity contribution in [1.82, 2.24) is 0 Å². The van der Waals surface area contributed by atoms with Crippen LogP contribution < -0.4 is 4.74 Å². The predicted molar refractivity (Wildman–Crippen MR) is 138 cm³/mol. The largest absolute Gasteiger partial charge is 0.465 e. The van der Waals surface area contributed by atoms with Crippen molar-refractivity contribution in [1.29, 1.82) is 0 Å². The van der Waals surface area contributed by atoms with Gasteiger partial charge in [0.25, 0.3) is 0 Å². The van der Waals surface area contributed by atoms with Crippen molar-refractivity contribution in [2.24, 2.45) is 23.7 Å². The molecule has 2 nitrogen and oxygen atoms in total. The average Bonchev–Trinajstić information content (AvgIpc) is 2.77. The molecular weight excluding hydrogens is 392 g/mol. The van der Waals surface area contributed by atoms with Crippen LogP contribution in [0.5, 0.6) is 5.75 Å². The van der Waals surface area contributed by atoms with Crippen molar-refractivity contribution >= 4 is 0 Å². The van der Waals surface area contributed by atoms with E-state index in [-0.39, 0.29) is 6.29 Å². The summed E-state index contributed by atoms with van der Waals surface area (Å²) in [4.78, 5) is 0. The van der Waals surface area contributed by atoms with E-state index in [0.29, 0.717) is 30.3 Å². The first-order valence-corrected chi connectivity index (χ1v) is 13.0. The first-order valence-electron chi connectivity index (χ1n) is 13.0. The van der Waals surface area contributed by atoms with Gasteiger partial charge >= 0.3 is 0 Å². The molecule has 1 fully saturated rings. The Balaban J connectivity index is 1.96. The van der Waals surface area contributed by atoms with Crippen LogP contribution in [-0.2, 0) is 4.74 Å². The summed E-state index contributed by atoms with van der Waals surface area (Å²) in [5.41, 5.74) is 2.45. The van der Waals surface area contributed by atoms with Gasteiger partial charge in [0.2, 0.25) is 0 Å². The van der Waals surface area contributed by atoms with E-state index in [4.69, 9.17) is 9.47 Å². The molecule has 0 bridgehead atoms. The third-order valence-electron chi connectivity index (χ3n) is 7.21. The van der Waals surface area contributed by atoms with Crippen LogP contribution in [0, 0.1) is 23.7 Å². The molecule has 0 aliphatic heterocycles. The fourth-order valence-electron chi connectivity index (χ4n) is 4.84. The molecule has 1 aromatic rings. The molecule has 180 valence electrons. The fraction of sp³-hybridized carbons (Fsp3) is 0.667. The van der Waals surface area contributed by atoms with E-state index >= 15 is 0 Å². The van der Waals surface area contributed by atoms with Crippen LogP contribution >= 0.6 is 0 Å². The first kappa shape index (κ1) is 26.7. The Morgan fingerprint density at radius 3 is 2.19 bits per heavy atom. The Morgan fingerprint density at radius 2 is 1.62 bits per heavy atom. The number of hydrogen-bond acceptors (Lipinski definition) is 2. The van der Waals surface area contributed by atoms with Crippen LogP contribution in [0.3, 0.4) is 0 Å². The van der Waals surface area contributed by atoms with Gasteiger partial charge in [-0.05, 0) is 67.6 Å². The monoisotopic (exact) mass is 440 g/mol. The minimum Gasteiger partial charge on any atom is -0.465 e. The van der Waals surface area contributed by atoms with E-state index < -0.39 is 0 Å². The third kappa shape index (κ3) is 9.14. The summed E-state index contributed by atoms with van der Waals surface area (Å²) < 4.78 is 12.7. The zero-order valence-corrected chi connectivity index (χ0v) is 21.6. The summed E-state index contributed by atoms with van der Waals surface area (Å²) in [6, 6.07) is 8.46. The standard InChI is InChI=1S/C30H48O2/c1-22(2)25(7)27-16-18-28(19-17-27)32-30(21-29(23(3)4)24(5)6)31-20-12-11-15-26-13-9-8-10-14-26/h11,15-19,23-26,29-30H,1,8-10,12-14,20-21H2,2-7H3/b15-11-. The molecule has 2 atom stereocenters. The second kappa shape index (κ2) is 13.9. The molecule has 0 spiro atoms. The molecule has 32 heavy (non-hydrogen) atoms. The van der Waals surface area contributed by atoms with Crippen LogP contribution in [0.1, 0.15) is 98.0 Å². The topological polar surface area (TPSA) is 18.5 Å². The molecular formula is C30H48O2. The molecule has 2 rings (SSSR count). The van der Waals surface area contributed by atoms with Gasteiger partial charge in [-0.2, -0.15) is 0 Å². The van der Waals surface area contributed by atoms with Gasteiger partial charge in [0.1, 0.15) is 5.75 Å². The minimum atomic E-state index is -0.211. The van der Waals surface area contributed by atoms with E-state index in [1.54, 1.807) is 0 Å². The van der Waals surface area contributed by atoms with E-state index in [9.17, 15) is 0 Å². The van der Waals surface area contributed by atoms with Crippen molar-refractivity contribution in [3.05, 3.63) is 54.1 Å². The summed E-state index contributed by atoms with van der Waals surface area (Å²) in [6.45, 7) is 18.3. The normalized spacial score (nSPS) is 17.4. The van der Waals surface area contributed by atoms with E-state index in [2.05, 4.69) is 84.5 Å². The lowest BCUT2D eigenvalue weighted by molar-refractivity contribution is -0.0977. The number of allylic oxidation sites excluding steroid dienone is 2.